The van der Waals surface area contributed by atoms with Crippen LogP contribution in [0.3, 0.4) is 0 Å². The summed E-state index contributed by atoms with van der Waals surface area (Å²) in [7, 11) is 0. The van der Waals surface area contributed by atoms with Gasteiger partial charge in [0.05, 0.1) is 5.60 Å². The summed E-state index contributed by atoms with van der Waals surface area (Å²) in [5.74, 6) is -2.29. The first kappa shape index (κ1) is 14.2. The smallest absolute Gasteiger partial charge is 0.248 e. The van der Waals surface area contributed by atoms with Crippen LogP contribution in [0.25, 0.3) is 0 Å². The quantitative estimate of drug-likeness (QED) is 0.819. The van der Waals surface area contributed by atoms with E-state index in [9.17, 15) is 8.78 Å². The van der Waals surface area contributed by atoms with Crippen molar-refractivity contribution in [3.05, 3.63) is 0 Å². The first-order valence-corrected chi connectivity index (χ1v) is 7.20. The molecule has 106 valence electrons. The Morgan fingerprint density at radius 3 is 2.67 bits per heavy atom. The van der Waals surface area contributed by atoms with Crippen molar-refractivity contribution in [2.75, 3.05) is 13.2 Å². The minimum atomic E-state index is -2.43. The van der Waals surface area contributed by atoms with Gasteiger partial charge < -0.3 is 10.1 Å². The van der Waals surface area contributed by atoms with E-state index in [4.69, 9.17) is 4.74 Å². The molecule has 2 rings (SSSR count). The topological polar surface area (TPSA) is 21.3 Å². The molecule has 1 saturated carbocycles. The zero-order valence-corrected chi connectivity index (χ0v) is 11.5. The lowest BCUT2D eigenvalue weighted by Crippen LogP contribution is -2.49. The molecule has 1 aliphatic carbocycles. The van der Waals surface area contributed by atoms with Crippen LogP contribution >= 0.6 is 0 Å². The fourth-order valence-electron chi connectivity index (χ4n) is 3.45. The van der Waals surface area contributed by atoms with Gasteiger partial charge in [0.25, 0.3) is 0 Å². The van der Waals surface area contributed by atoms with Crippen LogP contribution in [0.15, 0.2) is 0 Å². The highest BCUT2D eigenvalue weighted by Gasteiger charge is 2.44. The van der Waals surface area contributed by atoms with E-state index in [2.05, 4.69) is 19.2 Å². The summed E-state index contributed by atoms with van der Waals surface area (Å²) in [5, 5.41) is 3.45. The van der Waals surface area contributed by atoms with Crippen LogP contribution in [-0.2, 0) is 4.74 Å². The molecule has 0 bridgehead atoms. The average molecular weight is 261 g/mol. The van der Waals surface area contributed by atoms with E-state index in [1.54, 1.807) is 0 Å². The van der Waals surface area contributed by atoms with E-state index in [-0.39, 0.29) is 30.4 Å². The number of rotatable bonds is 5. The van der Waals surface area contributed by atoms with E-state index in [0.717, 1.165) is 32.4 Å². The highest BCUT2D eigenvalue weighted by molar-refractivity contribution is 4.95. The highest BCUT2D eigenvalue weighted by atomic mass is 19.3. The fourth-order valence-corrected chi connectivity index (χ4v) is 3.45. The number of nitrogens with one attached hydrogen (secondary N) is 1. The van der Waals surface area contributed by atoms with Crippen LogP contribution in [0.4, 0.5) is 8.78 Å². The third kappa shape index (κ3) is 3.21. The van der Waals surface area contributed by atoms with E-state index < -0.39 is 5.92 Å². The third-order valence-corrected chi connectivity index (χ3v) is 4.51. The Morgan fingerprint density at radius 1 is 1.39 bits per heavy atom. The van der Waals surface area contributed by atoms with Crippen LogP contribution in [0, 0.1) is 5.92 Å². The largest absolute Gasteiger partial charge is 0.374 e. The Hall–Kier alpha value is -0.220. The van der Waals surface area contributed by atoms with Gasteiger partial charge in [-0.2, -0.15) is 0 Å². The highest BCUT2D eigenvalue weighted by Crippen LogP contribution is 2.42. The number of ether oxygens (including phenoxy) is 1. The molecule has 1 heterocycles. The molecule has 0 amide bonds. The molecule has 3 unspecified atom stereocenters. The third-order valence-electron chi connectivity index (χ3n) is 4.51. The standard InChI is InChI=1S/C14H25F2NO/c1-3-17-12(13(2)6-4-8-18-13)9-11-5-7-14(15,16)10-11/h11-12,17H,3-10H2,1-2H3. The molecule has 0 aromatic rings. The van der Waals surface area contributed by atoms with Crippen molar-refractivity contribution < 1.29 is 13.5 Å². The van der Waals surface area contributed by atoms with E-state index in [1.165, 1.54) is 0 Å². The van der Waals surface area contributed by atoms with Gasteiger partial charge in [-0.25, -0.2) is 8.78 Å². The summed E-state index contributed by atoms with van der Waals surface area (Å²) >= 11 is 0. The van der Waals surface area contributed by atoms with Crippen LogP contribution < -0.4 is 5.32 Å². The Morgan fingerprint density at radius 2 is 2.17 bits per heavy atom. The first-order valence-electron chi connectivity index (χ1n) is 7.20. The summed E-state index contributed by atoms with van der Waals surface area (Å²) in [6.45, 7) is 5.86. The second-order valence-electron chi connectivity index (χ2n) is 6.08. The Labute approximate surface area is 108 Å². The molecule has 0 aromatic carbocycles. The molecule has 2 aliphatic rings. The van der Waals surface area contributed by atoms with Gasteiger partial charge in [-0.05, 0) is 45.1 Å². The van der Waals surface area contributed by atoms with Crippen molar-refractivity contribution in [3.8, 4) is 0 Å². The number of alkyl halides is 2. The molecule has 2 fully saturated rings. The molecule has 1 aliphatic heterocycles. The molecule has 18 heavy (non-hydrogen) atoms. The lowest BCUT2D eigenvalue weighted by molar-refractivity contribution is -0.0225. The van der Waals surface area contributed by atoms with Crippen LogP contribution in [-0.4, -0.2) is 30.7 Å². The normalized spacial score (nSPS) is 37.0. The number of hydrogen-bond donors (Lipinski definition) is 1. The lowest BCUT2D eigenvalue weighted by atomic mass is 9.85. The SMILES string of the molecule is CCNC(CC1CCC(F)(F)C1)C1(C)CCCO1. The van der Waals surface area contributed by atoms with Gasteiger partial charge in [0, 0.05) is 25.5 Å². The molecule has 1 saturated heterocycles. The van der Waals surface area contributed by atoms with Gasteiger partial charge in [-0.1, -0.05) is 6.92 Å². The minimum absolute atomic E-state index is 0.0605. The molecule has 4 heteroatoms. The van der Waals surface area contributed by atoms with Crippen molar-refractivity contribution in [3.63, 3.8) is 0 Å². The molecule has 0 aromatic heterocycles. The van der Waals surface area contributed by atoms with Gasteiger partial charge in [0.1, 0.15) is 0 Å². The second kappa shape index (κ2) is 5.41. The molecule has 3 atom stereocenters. The first-order chi connectivity index (χ1) is 8.45. The molecule has 0 spiro atoms. The summed E-state index contributed by atoms with van der Waals surface area (Å²) in [6, 6.07) is 0.212. The monoisotopic (exact) mass is 261 g/mol. The number of halogens is 2. The number of hydrogen-bond acceptors (Lipinski definition) is 2. The van der Waals surface area contributed by atoms with E-state index in [0.29, 0.717) is 6.42 Å². The predicted octanol–water partition coefficient (Wildman–Crippen LogP) is 3.36. The van der Waals surface area contributed by atoms with Gasteiger partial charge in [0.15, 0.2) is 0 Å². The summed E-state index contributed by atoms with van der Waals surface area (Å²) < 4.78 is 32.4. The van der Waals surface area contributed by atoms with Crippen molar-refractivity contribution in [1.82, 2.24) is 5.32 Å². The minimum Gasteiger partial charge on any atom is -0.374 e. The van der Waals surface area contributed by atoms with Crippen molar-refractivity contribution in [1.29, 1.82) is 0 Å². The molecule has 0 radical (unpaired) electrons. The van der Waals surface area contributed by atoms with Gasteiger partial charge in [0.2, 0.25) is 5.92 Å². The maximum Gasteiger partial charge on any atom is 0.248 e. The maximum absolute atomic E-state index is 13.3. The van der Waals surface area contributed by atoms with Crippen molar-refractivity contribution >= 4 is 0 Å². The molecule has 1 N–H and O–H groups in total. The summed E-state index contributed by atoms with van der Waals surface area (Å²) in [6.07, 6.45) is 3.72. The van der Waals surface area contributed by atoms with Crippen LogP contribution in [0.1, 0.15) is 52.4 Å². The van der Waals surface area contributed by atoms with Crippen molar-refractivity contribution in [2.24, 2.45) is 5.92 Å². The fraction of sp³-hybridized carbons (Fsp3) is 1.00. The van der Waals surface area contributed by atoms with E-state index >= 15 is 0 Å². The lowest BCUT2D eigenvalue weighted by Gasteiger charge is -2.35. The average Bonchev–Trinajstić information content (AvgIpc) is 2.86. The predicted molar refractivity (Wildman–Crippen MR) is 68.0 cm³/mol. The van der Waals surface area contributed by atoms with Gasteiger partial charge in [-0.15, -0.1) is 0 Å². The Bertz CT molecular complexity index is 277. The van der Waals surface area contributed by atoms with Crippen molar-refractivity contribution in [2.45, 2.75) is 69.9 Å². The Kier molecular flexibility index (Phi) is 4.27. The van der Waals surface area contributed by atoms with Crippen LogP contribution in [0.2, 0.25) is 0 Å². The molecule has 2 nitrogen and oxygen atoms in total. The van der Waals surface area contributed by atoms with Gasteiger partial charge in [-0.3, -0.25) is 0 Å². The van der Waals surface area contributed by atoms with E-state index in [1.807, 2.05) is 0 Å². The molecular formula is C14H25F2NO. The summed E-state index contributed by atoms with van der Waals surface area (Å²) in [5.41, 5.74) is -0.159. The zero-order valence-electron chi connectivity index (χ0n) is 11.5. The van der Waals surface area contributed by atoms with Crippen LogP contribution in [0.5, 0.6) is 0 Å². The molecular weight excluding hydrogens is 236 g/mol. The zero-order chi connectivity index (χ0) is 13.2. The van der Waals surface area contributed by atoms with Gasteiger partial charge >= 0.3 is 0 Å². The maximum atomic E-state index is 13.3. The Balaban J connectivity index is 1.94. The second-order valence-corrected chi connectivity index (χ2v) is 6.08. The number of likely N-dealkylation sites (N-methyl/N-ethyl adjacent to an activating group) is 1. The summed E-state index contributed by atoms with van der Waals surface area (Å²) in [4.78, 5) is 0.